The lowest BCUT2D eigenvalue weighted by Crippen LogP contribution is -2.37. The van der Waals surface area contributed by atoms with Crippen LogP contribution in [0.2, 0.25) is 0 Å². The number of fused-ring (bicyclic) bond motifs is 2. The highest BCUT2D eigenvalue weighted by atomic mass is 16.6. The summed E-state index contributed by atoms with van der Waals surface area (Å²) in [6, 6.07) is 6.92. The Morgan fingerprint density at radius 1 is 1.12 bits per heavy atom. The summed E-state index contributed by atoms with van der Waals surface area (Å²) >= 11 is 0. The van der Waals surface area contributed by atoms with Gasteiger partial charge in [-0.15, -0.1) is 0 Å². The number of hydrogen-bond acceptors (Lipinski definition) is 7. The number of nitro benzene ring substituents is 1. The van der Waals surface area contributed by atoms with Crippen LogP contribution in [0.1, 0.15) is 42.2 Å². The van der Waals surface area contributed by atoms with Crippen LogP contribution in [0.3, 0.4) is 0 Å². The molecule has 0 aromatic heterocycles. The molecule has 1 aliphatic rings. The molecule has 26 heavy (non-hydrogen) atoms. The van der Waals surface area contributed by atoms with Gasteiger partial charge < -0.3 is 5.73 Å². The summed E-state index contributed by atoms with van der Waals surface area (Å²) in [5.74, 6) is -2.03. The summed E-state index contributed by atoms with van der Waals surface area (Å²) in [4.78, 5) is 48.6. The maximum absolute atomic E-state index is 12.8. The van der Waals surface area contributed by atoms with E-state index in [2.05, 4.69) is 5.43 Å². The maximum Gasteiger partial charge on any atom is 0.282 e. The number of anilines is 1. The number of benzene rings is 2. The van der Waals surface area contributed by atoms with Crippen molar-refractivity contribution in [2.75, 3.05) is 19.8 Å². The van der Waals surface area contributed by atoms with Crippen molar-refractivity contribution in [1.29, 1.82) is 0 Å². The molecule has 0 aliphatic heterocycles. The minimum atomic E-state index is -0.802. The van der Waals surface area contributed by atoms with Crippen LogP contribution in [-0.2, 0) is 0 Å². The Labute approximate surface area is 147 Å². The van der Waals surface area contributed by atoms with Crippen molar-refractivity contribution in [3.05, 3.63) is 68.3 Å². The zero-order valence-corrected chi connectivity index (χ0v) is 13.9. The van der Waals surface area contributed by atoms with Crippen molar-refractivity contribution in [2.24, 2.45) is 0 Å². The Balaban J connectivity index is 2.34. The number of amides is 1. The lowest BCUT2D eigenvalue weighted by molar-refractivity contribution is -0.385. The number of nitrogens with two attached hydrogens (primary N) is 1. The van der Waals surface area contributed by atoms with Crippen LogP contribution in [0, 0.1) is 10.1 Å². The number of nitrogens with one attached hydrogen (secondary N) is 1. The second-order valence-corrected chi connectivity index (χ2v) is 5.90. The molecule has 0 unspecified atom stereocenters. The molecule has 0 atom stereocenters. The van der Waals surface area contributed by atoms with Crippen LogP contribution in [0.25, 0.3) is 0 Å². The molecule has 0 radical (unpaired) electrons. The minimum Gasteiger partial charge on any atom is -0.397 e. The first-order valence-electron chi connectivity index (χ1n) is 7.51. The van der Waals surface area contributed by atoms with E-state index in [0.29, 0.717) is 0 Å². The Hall–Kier alpha value is -3.59. The normalized spacial score (nSPS) is 12.6. The van der Waals surface area contributed by atoms with Crippen LogP contribution < -0.4 is 11.2 Å². The van der Waals surface area contributed by atoms with E-state index in [0.717, 1.165) is 6.07 Å². The van der Waals surface area contributed by atoms with E-state index in [1.165, 1.54) is 17.1 Å². The van der Waals surface area contributed by atoms with Crippen molar-refractivity contribution in [2.45, 2.75) is 0 Å². The lowest BCUT2D eigenvalue weighted by Gasteiger charge is -2.21. The van der Waals surface area contributed by atoms with Gasteiger partial charge in [-0.05, 0) is 0 Å². The van der Waals surface area contributed by atoms with Gasteiger partial charge in [-0.1, -0.05) is 24.3 Å². The summed E-state index contributed by atoms with van der Waals surface area (Å²) in [6.07, 6.45) is 0. The number of ketones is 2. The van der Waals surface area contributed by atoms with E-state index in [-0.39, 0.29) is 27.9 Å². The van der Waals surface area contributed by atoms with Gasteiger partial charge in [-0.3, -0.25) is 29.9 Å². The zero-order valence-electron chi connectivity index (χ0n) is 13.9. The molecule has 3 rings (SSSR count). The van der Waals surface area contributed by atoms with Crippen LogP contribution in [-0.4, -0.2) is 41.5 Å². The molecule has 0 bridgehead atoms. The summed E-state index contributed by atoms with van der Waals surface area (Å²) in [5, 5.41) is 12.8. The van der Waals surface area contributed by atoms with Crippen molar-refractivity contribution in [3.63, 3.8) is 0 Å². The van der Waals surface area contributed by atoms with Gasteiger partial charge in [0.15, 0.2) is 5.78 Å². The number of nitro groups is 1. The van der Waals surface area contributed by atoms with E-state index in [1.807, 2.05) is 0 Å². The lowest BCUT2D eigenvalue weighted by atomic mass is 9.81. The summed E-state index contributed by atoms with van der Waals surface area (Å²) in [6.45, 7) is 0. The third kappa shape index (κ3) is 2.50. The Kier molecular flexibility index (Phi) is 4.01. The van der Waals surface area contributed by atoms with Gasteiger partial charge >= 0.3 is 0 Å². The monoisotopic (exact) mass is 354 g/mol. The van der Waals surface area contributed by atoms with Gasteiger partial charge in [0, 0.05) is 31.3 Å². The van der Waals surface area contributed by atoms with Gasteiger partial charge in [0.1, 0.15) is 5.56 Å². The molecular formula is C17H14N4O5. The van der Waals surface area contributed by atoms with Crippen molar-refractivity contribution < 1.29 is 19.3 Å². The van der Waals surface area contributed by atoms with E-state index < -0.39 is 33.6 Å². The van der Waals surface area contributed by atoms with E-state index in [9.17, 15) is 24.5 Å². The van der Waals surface area contributed by atoms with Crippen LogP contribution in [0.5, 0.6) is 0 Å². The number of nitrogens with zero attached hydrogens (tertiary/aromatic N) is 2. The first kappa shape index (κ1) is 17.2. The van der Waals surface area contributed by atoms with Crippen LogP contribution in [0.4, 0.5) is 11.4 Å². The fourth-order valence-corrected chi connectivity index (χ4v) is 2.89. The number of carbonyl (C=O) groups excluding carboxylic acids is 3. The number of carbonyl (C=O) groups is 3. The maximum atomic E-state index is 12.8. The molecule has 3 N–H and O–H groups in total. The van der Waals surface area contributed by atoms with Gasteiger partial charge in [-0.25, -0.2) is 5.01 Å². The third-order valence-electron chi connectivity index (χ3n) is 3.98. The average Bonchev–Trinajstić information content (AvgIpc) is 2.58. The van der Waals surface area contributed by atoms with E-state index >= 15 is 0 Å². The molecule has 132 valence electrons. The second-order valence-electron chi connectivity index (χ2n) is 5.90. The quantitative estimate of drug-likeness (QED) is 0.409. The molecule has 2 aromatic rings. The third-order valence-corrected chi connectivity index (χ3v) is 3.98. The Bertz CT molecular complexity index is 997. The predicted octanol–water partition coefficient (Wildman–Crippen LogP) is 1.16. The number of hydrogen-bond donors (Lipinski definition) is 2. The molecule has 1 aliphatic carbocycles. The van der Waals surface area contributed by atoms with Crippen LogP contribution in [0.15, 0.2) is 30.3 Å². The van der Waals surface area contributed by atoms with Crippen molar-refractivity contribution in [3.8, 4) is 0 Å². The second kappa shape index (κ2) is 6.05. The minimum absolute atomic E-state index is 0.0676. The fourth-order valence-electron chi connectivity index (χ4n) is 2.89. The highest BCUT2D eigenvalue weighted by Crippen LogP contribution is 2.38. The van der Waals surface area contributed by atoms with E-state index in [4.69, 9.17) is 5.73 Å². The highest BCUT2D eigenvalue weighted by molar-refractivity contribution is 6.32. The summed E-state index contributed by atoms with van der Waals surface area (Å²) in [7, 11) is 3.09. The van der Waals surface area contributed by atoms with E-state index in [1.54, 1.807) is 26.2 Å². The summed E-state index contributed by atoms with van der Waals surface area (Å²) < 4.78 is 0. The summed E-state index contributed by atoms with van der Waals surface area (Å²) in [5.41, 5.74) is 6.71. The largest absolute Gasteiger partial charge is 0.397 e. The standard InChI is InChI=1S/C17H14N4O5/c1-20(2)19-17(24)10-7-11(21(25)26)12-13(14(10)18)16(23)9-6-4-3-5-8(9)15(12)22/h3-7H,18H2,1-2H3,(H,19,24). The molecule has 0 saturated heterocycles. The van der Waals surface area contributed by atoms with Crippen LogP contribution >= 0.6 is 0 Å². The van der Waals surface area contributed by atoms with Gasteiger partial charge in [0.05, 0.1) is 21.7 Å². The average molecular weight is 354 g/mol. The zero-order chi connectivity index (χ0) is 19.2. The Morgan fingerprint density at radius 3 is 2.15 bits per heavy atom. The molecule has 0 saturated carbocycles. The van der Waals surface area contributed by atoms with Gasteiger partial charge in [0.25, 0.3) is 11.6 Å². The smallest absolute Gasteiger partial charge is 0.282 e. The Morgan fingerprint density at radius 2 is 1.65 bits per heavy atom. The highest BCUT2D eigenvalue weighted by Gasteiger charge is 2.39. The molecular weight excluding hydrogens is 340 g/mol. The molecule has 2 aromatic carbocycles. The molecule has 0 spiro atoms. The first-order valence-corrected chi connectivity index (χ1v) is 7.51. The SMILES string of the molecule is CN(C)NC(=O)c1cc([N+](=O)[O-])c2c(c1N)C(=O)c1ccccc1C2=O. The van der Waals surface area contributed by atoms with Crippen molar-refractivity contribution in [1.82, 2.24) is 10.4 Å². The van der Waals surface area contributed by atoms with Gasteiger partial charge in [-0.2, -0.15) is 0 Å². The molecule has 9 nitrogen and oxygen atoms in total. The molecule has 9 heteroatoms. The molecule has 0 fully saturated rings. The number of nitrogen functional groups attached to an aromatic ring is 1. The fraction of sp³-hybridized carbons (Fsp3) is 0.118. The number of rotatable bonds is 3. The first-order chi connectivity index (χ1) is 12.2. The predicted molar refractivity (Wildman–Crippen MR) is 92.0 cm³/mol. The van der Waals surface area contributed by atoms with Crippen molar-refractivity contribution >= 4 is 28.8 Å². The number of hydrazine groups is 1. The molecule has 1 amide bonds. The molecule has 0 heterocycles. The topological polar surface area (TPSA) is 136 Å². The van der Waals surface area contributed by atoms with Gasteiger partial charge in [0.2, 0.25) is 5.78 Å².